The molecule has 1 aliphatic rings. The third-order valence-corrected chi connectivity index (χ3v) is 5.29. The van der Waals surface area contributed by atoms with Crippen molar-refractivity contribution in [3.05, 3.63) is 52.1 Å². The van der Waals surface area contributed by atoms with Crippen LogP contribution in [0.4, 0.5) is 17.1 Å². The molecule has 0 unspecified atom stereocenters. The number of nitrogens with zero attached hydrogens (tertiary/aromatic N) is 4. The largest absolute Gasteiger partial charge is 0.452 e. The minimum absolute atomic E-state index is 0.0169. The summed E-state index contributed by atoms with van der Waals surface area (Å²) in [6, 6.07) is 9.39. The van der Waals surface area contributed by atoms with Gasteiger partial charge in [0.25, 0.3) is 11.6 Å². The predicted molar refractivity (Wildman–Crippen MR) is 111 cm³/mol. The second-order valence-electron chi connectivity index (χ2n) is 6.72. The van der Waals surface area contributed by atoms with Crippen LogP contribution in [0.2, 0.25) is 0 Å². The van der Waals surface area contributed by atoms with Gasteiger partial charge in [0.1, 0.15) is 16.7 Å². The molecule has 10 nitrogen and oxygen atoms in total. The maximum absolute atomic E-state index is 12.3. The fourth-order valence-corrected chi connectivity index (χ4v) is 3.88. The second-order valence-corrected chi connectivity index (χ2v) is 7.25. The number of rotatable bonds is 6. The Morgan fingerprint density at radius 3 is 2.77 bits per heavy atom. The van der Waals surface area contributed by atoms with Gasteiger partial charge < -0.3 is 15.0 Å². The molecule has 0 saturated carbocycles. The Morgan fingerprint density at radius 2 is 2.00 bits per heavy atom. The number of aromatic nitrogens is 2. The number of anilines is 2. The van der Waals surface area contributed by atoms with Gasteiger partial charge in [-0.25, -0.2) is 4.79 Å². The van der Waals surface area contributed by atoms with E-state index in [4.69, 9.17) is 4.74 Å². The smallest absolute Gasteiger partial charge is 0.338 e. The Balaban J connectivity index is 1.42. The lowest BCUT2D eigenvalue weighted by molar-refractivity contribution is -0.384. The zero-order chi connectivity index (χ0) is 21.1. The predicted octanol–water partition coefficient (Wildman–Crippen LogP) is 3.00. The van der Waals surface area contributed by atoms with Crippen molar-refractivity contribution in [3.8, 4) is 0 Å². The topological polar surface area (TPSA) is 128 Å². The molecule has 1 N–H and O–H groups in total. The number of fused-ring (bicyclic) bond motifs is 1. The molecule has 3 aromatic rings. The first-order valence-corrected chi connectivity index (χ1v) is 9.97. The molecule has 0 atom stereocenters. The van der Waals surface area contributed by atoms with Crippen LogP contribution in [0, 0.1) is 10.1 Å². The Morgan fingerprint density at radius 1 is 1.20 bits per heavy atom. The molecule has 1 fully saturated rings. The van der Waals surface area contributed by atoms with Crippen LogP contribution in [-0.2, 0) is 9.53 Å². The summed E-state index contributed by atoms with van der Waals surface area (Å²) in [5.41, 5.74) is 2.02. The highest BCUT2D eigenvalue weighted by molar-refractivity contribution is 7.00. The van der Waals surface area contributed by atoms with E-state index in [-0.39, 0.29) is 11.3 Å². The first-order chi connectivity index (χ1) is 14.5. The summed E-state index contributed by atoms with van der Waals surface area (Å²) >= 11 is 1.03. The van der Waals surface area contributed by atoms with Gasteiger partial charge in [0.2, 0.25) is 0 Å². The fraction of sp³-hybridized carbons (Fsp3) is 0.263. The molecule has 0 spiro atoms. The summed E-state index contributed by atoms with van der Waals surface area (Å²) in [5, 5.41) is 14.1. The van der Waals surface area contributed by atoms with E-state index >= 15 is 0 Å². The highest BCUT2D eigenvalue weighted by Gasteiger charge is 2.24. The summed E-state index contributed by atoms with van der Waals surface area (Å²) < 4.78 is 13.3. The number of esters is 1. The molecule has 4 rings (SSSR count). The molecular weight excluding hydrogens is 410 g/mol. The molecule has 2 aromatic carbocycles. The molecule has 11 heteroatoms. The van der Waals surface area contributed by atoms with Crippen molar-refractivity contribution in [1.29, 1.82) is 0 Å². The number of nitro groups is 1. The number of carbonyl (C=O) groups is 2. The van der Waals surface area contributed by atoms with E-state index < -0.39 is 23.4 Å². The van der Waals surface area contributed by atoms with Crippen molar-refractivity contribution >= 4 is 51.7 Å². The number of ether oxygens (including phenoxy) is 1. The fourth-order valence-electron chi connectivity index (χ4n) is 3.33. The SMILES string of the molecule is O=C(COC(=O)c1ccc(N2CCCC2)c([N+](=O)[O-])c1)Nc1cccc2nsnc12. The molecule has 1 aliphatic heterocycles. The van der Waals surface area contributed by atoms with Gasteiger partial charge in [-0.3, -0.25) is 14.9 Å². The maximum atomic E-state index is 12.3. The molecule has 0 radical (unpaired) electrons. The minimum Gasteiger partial charge on any atom is -0.452 e. The molecule has 1 saturated heterocycles. The standard InChI is InChI=1S/C19H17N5O5S/c25-17(20-13-4-3-5-14-18(13)22-30-21-14)11-29-19(26)12-6-7-15(16(10-12)24(27)28)23-8-1-2-9-23/h3-7,10H,1-2,8-9,11H2,(H,20,25). The lowest BCUT2D eigenvalue weighted by Gasteiger charge is -2.17. The molecule has 2 heterocycles. The Kier molecular flexibility index (Phi) is 5.53. The quantitative estimate of drug-likeness (QED) is 0.361. The van der Waals surface area contributed by atoms with Gasteiger partial charge in [-0.05, 0) is 37.1 Å². The maximum Gasteiger partial charge on any atom is 0.338 e. The average molecular weight is 427 g/mol. The van der Waals surface area contributed by atoms with Crippen molar-refractivity contribution in [2.45, 2.75) is 12.8 Å². The van der Waals surface area contributed by atoms with Crippen LogP contribution in [0.5, 0.6) is 0 Å². The van der Waals surface area contributed by atoms with E-state index in [0.717, 1.165) is 37.7 Å². The Labute approximate surface area is 174 Å². The van der Waals surface area contributed by atoms with E-state index in [1.54, 1.807) is 24.3 Å². The van der Waals surface area contributed by atoms with Crippen LogP contribution in [-0.4, -0.2) is 45.2 Å². The molecule has 1 aromatic heterocycles. The summed E-state index contributed by atoms with van der Waals surface area (Å²) in [4.78, 5) is 37.4. The van der Waals surface area contributed by atoms with Crippen molar-refractivity contribution in [2.24, 2.45) is 0 Å². The number of amides is 1. The van der Waals surface area contributed by atoms with Crippen LogP contribution < -0.4 is 10.2 Å². The van der Waals surface area contributed by atoms with Crippen LogP contribution in [0.3, 0.4) is 0 Å². The van der Waals surface area contributed by atoms with Crippen molar-refractivity contribution in [1.82, 2.24) is 8.75 Å². The van der Waals surface area contributed by atoms with Gasteiger partial charge in [0.05, 0.1) is 27.9 Å². The van der Waals surface area contributed by atoms with E-state index in [1.165, 1.54) is 12.1 Å². The second kappa shape index (κ2) is 8.41. The van der Waals surface area contributed by atoms with E-state index in [9.17, 15) is 19.7 Å². The van der Waals surface area contributed by atoms with Crippen molar-refractivity contribution in [2.75, 3.05) is 29.9 Å². The van der Waals surface area contributed by atoms with Gasteiger partial charge in [-0.1, -0.05) is 6.07 Å². The third-order valence-electron chi connectivity index (χ3n) is 4.75. The molecule has 154 valence electrons. The normalized spacial score (nSPS) is 13.4. The number of hydrogen-bond donors (Lipinski definition) is 1. The van der Waals surface area contributed by atoms with Crippen molar-refractivity contribution in [3.63, 3.8) is 0 Å². The summed E-state index contributed by atoms with van der Waals surface area (Å²) in [5.74, 6) is -1.36. The Hall–Kier alpha value is -3.60. The molecule has 30 heavy (non-hydrogen) atoms. The molecule has 0 aliphatic carbocycles. The van der Waals surface area contributed by atoms with E-state index in [0.29, 0.717) is 22.4 Å². The van der Waals surface area contributed by atoms with Gasteiger partial charge in [-0.15, -0.1) is 0 Å². The zero-order valence-electron chi connectivity index (χ0n) is 15.7. The number of benzene rings is 2. The lowest BCUT2D eigenvalue weighted by atomic mass is 10.1. The van der Waals surface area contributed by atoms with Crippen LogP contribution in [0.1, 0.15) is 23.2 Å². The highest BCUT2D eigenvalue weighted by Crippen LogP contribution is 2.31. The monoisotopic (exact) mass is 427 g/mol. The number of nitro benzene ring substituents is 1. The highest BCUT2D eigenvalue weighted by atomic mass is 32.1. The van der Waals surface area contributed by atoms with Crippen LogP contribution >= 0.6 is 11.7 Å². The van der Waals surface area contributed by atoms with E-state index in [1.807, 2.05) is 4.90 Å². The first-order valence-electron chi connectivity index (χ1n) is 9.24. The number of hydrogen-bond acceptors (Lipinski definition) is 9. The van der Waals surface area contributed by atoms with E-state index in [2.05, 4.69) is 14.1 Å². The zero-order valence-corrected chi connectivity index (χ0v) is 16.6. The van der Waals surface area contributed by atoms with Gasteiger partial charge >= 0.3 is 5.97 Å². The lowest BCUT2D eigenvalue weighted by Crippen LogP contribution is -2.22. The minimum atomic E-state index is -0.810. The van der Waals surface area contributed by atoms with Gasteiger partial charge in [0.15, 0.2) is 6.61 Å². The van der Waals surface area contributed by atoms with Gasteiger partial charge in [0, 0.05) is 19.2 Å². The average Bonchev–Trinajstić information content (AvgIpc) is 3.44. The number of carbonyl (C=O) groups excluding carboxylic acids is 2. The van der Waals surface area contributed by atoms with Crippen LogP contribution in [0.25, 0.3) is 11.0 Å². The summed E-state index contributed by atoms with van der Waals surface area (Å²) in [6.45, 7) is 0.951. The molecule has 0 bridgehead atoms. The van der Waals surface area contributed by atoms with Crippen LogP contribution in [0.15, 0.2) is 36.4 Å². The Bertz CT molecular complexity index is 1130. The third kappa shape index (κ3) is 4.06. The van der Waals surface area contributed by atoms with Gasteiger partial charge in [-0.2, -0.15) is 8.75 Å². The summed E-state index contributed by atoms with van der Waals surface area (Å²) in [6.07, 6.45) is 1.95. The summed E-state index contributed by atoms with van der Waals surface area (Å²) in [7, 11) is 0. The van der Waals surface area contributed by atoms with Crippen molar-refractivity contribution < 1.29 is 19.2 Å². The number of nitrogens with one attached hydrogen (secondary N) is 1. The molecular formula is C19H17N5O5S. The molecule has 1 amide bonds. The first kappa shape index (κ1) is 19.7.